The van der Waals surface area contributed by atoms with E-state index in [0.29, 0.717) is 41.7 Å². The molecule has 2 aromatic rings. The molecule has 138 valence electrons. The second-order valence-corrected chi connectivity index (χ2v) is 6.26. The Morgan fingerprint density at radius 3 is 2.58 bits per heavy atom. The number of methoxy groups -OCH3 is 1. The summed E-state index contributed by atoms with van der Waals surface area (Å²) < 4.78 is 4.88. The van der Waals surface area contributed by atoms with Crippen LogP contribution < -0.4 is 10.6 Å². The second-order valence-electron chi connectivity index (χ2n) is 5.42. The fourth-order valence-corrected chi connectivity index (χ4v) is 2.69. The van der Waals surface area contributed by atoms with Gasteiger partial charge in [-0.25, -0.2) is 0 Å². The van der Waals surface area contributed by atoms with Crippen LogP contribution in [-0.2, 0) is 11.2 Å². The lowest BCUT2D eigenvalue weighted by Crippen LogP contribution is -2.29. The van der Waals surface area contributed by atoms with Crippen molar-refractivity contribution in [2.75, 3.05) is 26.8 Å². The molecule has 0 unspecified atom stereocenters. The van der Waals surface area contributed by atoms with Crippen LogP contribution in [0, 0.1) is 0 Å². The van der Waals surface area contributed by atoms with E-state index in [1.54, 1.807) is 25.3 Å². The summed E-state index contributed by atoms with van der Waals surface area (Å²) in [5.74, 6) is -0.645. The molecule has 0 aliphatic rings. The predicted octanol–water partition coefficient (Wildman–Crippen LogP) is 2.74. The molecule has 0 fully saturated rings. The first-order chi connectivity index (χ1) is 12.5. The number of pyridine rings is 1. The summed E-state index contributed by atoms with van der Waals surface area (Å²) in [6, 6.07) is 8.23. The SMILES string of the molecule is COCCNC(=O)c1ccnc(C(=O)NCCc2ccc(Cl)cc2Cl)c1. The molecular weight excluding hydrogens is 377 g/mol. The number of rotatable bonds is 8. The lowest BCUT2D eigenvalue weighted by molar-refractivity contribution is 0.0937. The van der Waals surface area contributed by atoms with Gasteiger partial charge < -0.3 is 15.4 Å². The number of ether oxygens (including phenoxy) is 1. The Labute approximate surface area is 161 Å². The molecule has 1 aromatic heterocycles. The van der Waals surface area contributed by atoms with E-state index >= 15 is 0 Å². The minimum Gasteiger partial charge on any atom is -0.383 e. The van der Waals surface area contributed by atoms with Gasteiger partial charge in [0.1, 0.15) is 5.69 Å². The first-order valence-electron chi connectivity index (χ1n) is 7.96. The van der Waals surface area contributed by atoms with Crippen molar-refractivity contribution in [3.63, 3.8) is 0 Å². The minimum absolute atomic E-state index is 0.173. The molecule has 2 N–H and O–H groups in total. The van der Waals surface area contributed by atoms with E-state index in [2.05, 4.69) is 15.6 Å². The van der Waals surface area contributed by atoms with Crippen molar-refractivity contribution in [1.82, 2.24) is 15.6 Å². The maximum atomic E-state index is 12.2. The zero-order valence-electron chi connectivity index (χ0n) is 14.2. The van der Waals surface area contributed by atoms with Gasteiger partial charge in [0.25, 0.3) is 11.8 Å². The van der Waals surface area contributed by atoms with Gasteiger partial charge in [0, 0.05) is 42.0 Å². The third-order valence-electron chi connectivity index (χ3n) is 3.54. The normalized spacial score (nSPS) is 10.4. The maximum absolute atomic E-state index is 12.2. The molecule has 1 heterocycles. The van der Waals surface area contributed by atoms with Gasteiger partial charge in [0.2, 0.25) is 0 Å². The molecule has 0 aliphatic carbocycles. The lowest BCUT2D eigenvalue weighted by Gasteiger charge is -2.08. The second kappa shape index (κ2) is 10.1. The first kappa shape index (κ1) is 20.2. The van der Waals surface area contributed by atoms with Crippen LogP contribution in [0.4, 0.5) is 0 Å². The molecule has 0 bridgehead atoms. The number of hydrogen-bond donors (Lipinski definition) is 2. The van der Waals surface area contributed by atoms with Crippen molar-refractivity contribution in [3.8, 4) is 0 Å². The highest BCUT2D eigenvalue weighted by atomic mass is 35.5. The quantitative estimate of drug-likeness (QED) is 0.673. The Balaban J connectivity index is 1.90. The molecule has 26 heavy (non-hydrogen) atoms. The summed E-state index contributed by atoms with van der Waals surface area (Å²) in [7, 11) is 1.55. The number of carbonyl (C=O) groups is 2. The highest BCUT2D eigenvalue weighted by Crippen LogP contribution is 2.21. The standard InChI is InChI=1S/C18H19Cl2N3O3/c1-26-9-8-23-17(24)13-5-6-21-16(10-13)18(25)22-7-4-12-2-3-14(19)11-15(12)20/h2-3,5-6,10-11H,4,7-9H2,1H3,(H,22,25)(H,23,24). The van der Waals surface area contributed by atoms with E-state index in [1.165, 1.54) is 12.3 Å². The highest BCUT2D eigenvalue weighted by Gasteiger charge is 2.11. The highest BCUT2D eigenvalue weighted by molar-refractivity contribution is 6.35. The monoisotopic (exact) mass is 395 g/mol. The van der Waals surface area contributed by atoms with E-state index in [4.69, 9.17) is 27.9 Å². The van der Waals surface area contributed by atoms with Crippen LogP contribution in [0.25, 0.3) is 0 Å². The summed E-state index contributed by atoms with van der Waals surface area (Å²) in [6.07, 6.45) is 1.98. The lowest BCUT2D eigenvalue weighted by atomic mass is 10.1. The molecule has 0 saturated carbocycles. The van der Waals surface area contributed by atoms with Crippen molar-refractivity contribution in [1.29, 1.82) is 0 Å². The van der Waals surface area contributed by atoms with E-state index in [-0.39, 0.29) is 17.5 Å². The fraction of sp³-hybridized carbons (Fsp3) is 0.278. The Hall–Kier alpha value is -2.15. The van der Waals surface area contributed by atoms with Crippen molar-refractivity contribution in [3.05, 3.63) is 63.4 Å². The van der Waals surface area contributed by atoms with Crippen LogP contribution in [0.3, 0.4) is 0 Å². The van der Waals surface area contributed by atoms with Crippen LogP contribution in [0.1, 0.15) is 26.4 Å². The van der Waals surface area contributed by atoms with E-state index in [1.807, 2.05) is 6.07 Å². The summed E-state index contributed by atoms with van der Waals surface area (Å²) in [5, 5.41) is 6.57. The van der Waals surface area contributed by atoms with E-state index < -0.39 is 0 Å². The van der Waals surface area contributed by atoms with Crippen molar-refractivity contribution >= 4 is 35.0 Å². The van der Waals surface area contributed by atoms with Gasteiger partial charge in [0.15, 0.2) is 0 Å². The zero-order valence-corrected chi connectivity index (χ0v) is 15.7. The molecule has 1 aromatic carbocycles. The summed E-state index contributed by atoms with van der Waals surface area (Å²) in [6.45, 7) is 1.19. The molecule has 6 nitrogen and oxygen atoms in total. The minimum atomic E-state index is -0.360. The number of carbonyl (C=O) groups excluding carboxylic acids is 2. The topological polar surface area (TPSA) is 80.3 Å². The smallest absolute Gasteiger partial charge is 0.269 e. The first-order valence-corrected chi connectivity index (χ1v) is 8.72. The maximum Gasteiger partial charge on any atom is 0.269 e. The van der Waals surface area contributed by atoms with Gasteiger partial charge in [-0.3, -0.25) is 14.6 Å². The van der Waals surface area contributed by atoms with Gasteiger partial charge in [-0.05, 0) is 36.2 Å². The van der Waals surface area contributed by atoms with Crippen molar-refractivity contribution in [2.24, 2.45) is 0 Å². The van der Waals surface area contributed by atoms with Gasteiger partial charge in [-0.2, -0.15) is 0 Å². The van der Waals surface area contributed by atoms with Crippen molar-refractivity contribution < 1.29 is 14.3 Å². The molecule has 2 amide bonds. The summed E-state index contributed by atoms with van der Waals surface area (Å²) in [5.41, 5.74) is 1.42. The van der Waals surface area contributed by atoms with Gasteiger partial charge in [0.05, 0.1) is 6.61 Å². The number of nitrogens with one attached hydrogen (secondary N) is 2. The largest absolute Gasteiger partial charge is 0.383 e. The van der Waals surface area contributed by atoms with Crippen LogP contribution in [0.15, 0.2) is 36.5 Å². The fourth-order valence-electron chi connectivity index (χ4n) is 2.19. The van der Waals surface area contributed by atoms with Gasteiger partial charge in [-0.1, -0.05) is 29.3 Å². The number of amides is 2. The number of hydrogen-bond acceptors (Lipinski definition) is 4. The zero-order chi connectivity index (χ0) is 18.9. The van der Waals surface area contributed by atoms with Crippen LogP contribution >= 0.6 is 23.2 Å². The van der Waals surface area contributed by atoms with Gasteiger partial charge in [-0.15, -0.1) is 0 Å². The Bertz CT molecular complexity index is 784. The molecule has 0 spiro atoms. The van der Waals surface area contributed by atoms with Crippen LogP contribution in [0.2, 0.25) is 10.0 Å². The van der Waals surface area contributed by atoms with Crippen molar-refractivity contribution in [2.45, 2.75) is 6.42 Å². The Morgan fingerprint density at radius 2 is 1.85 bits per heavy atom. The Morgan fingerprint density at radius 1 is 1.08 bits per heavy atom. The molecule has 8 heteroatoms. The van der Waals surface area contributed by atoms with Gasteiger partial charge >= 0.3 is 0 Å². The van der Waals surface area contributed by atoms with Crippen LogP contribution in [0.5, 0.6) is 0 Å². The average Bonchev–Trinajstić information content (AvgIpc) is 2.63. The van der Waals surface area contributed by atoms with E-state index in [0.717, 1.165) is 5.56 Å². The number of benzene rings is 1. The number of aromatic nitrogens is 1. The number of nitrogens with zero attached hydrogens (tertiary/aromatic N) is 1. The third-order valence-corrected chi connectivity index (χ3v) is 4.13. The predicted molar refractivity (Wildman–Crippen MR) is 101 cm³/mol. The average molecular weight is 396 g/mol. The molecular formula is C18H19Cl2N3O3. The molecule has 0 saturated heterocycles. The third kappa shape index (κ3) is 5.98. The Kier molecular flexibility index (Phi) is 7.84. The van der Waals surface area contributed by atoms with Crippen LogP contribution in [-0.4, -0.2) is 43.6 Å². The molecule has 0 atom stereocenters. The number of halogens is 2. The van der Waals surface area contributed by atoms with E-state index in [9.17, 15) is 9.59 Å². The summed E-state index contributed by atoms with van der Waals surface area (Å²) in [4.78, 5) is 28.2. The summed E-state index contributed by atoms with van der Waals surface area (Å²) >= 11 is 12.0. The molecule has 2 rings (SSSR count). The molecule has 0 radical (unpaired) electrons. The molecule has 0 aliphatic heterocycles.